The first-order valence-corrected chi connectivity index (χ1v) is 7.24. The molecule has 0 aromatic rings. The molecular weight excluding hydrogens is 240 g/mol. The van der Waals surface area contributed by atoms with Crippen LogP contribution >= 0.6 is 0 Å². The van der Waals surface area contributed by atoms with Crippen molar-refractivity contribution >= 4 is 5.97 Å². The molecule has 0 saturated carbocycles. The van der Waals surface area contributed by atoms with Crippen molar-refractivity contribution in [3.8, 4) is 0 Å². The van der Waals surface area contributed by atoms with Gasteiger partial charge in [-0.05, 0) is 30.6 Å². The van der Waals surface area contributed by atoms with Crippen molar-refractivity contribution in [1.82, 2.24) is 0 Å². The predicted molar refractivity (Wildman–Crippen MR) is 77.0 cm³/mol. The summed E-state index contributed by atoms with van der Waals surface area (Å²) in [5, 5.41) is 0. The fourth-order valence-corrected chi connectivity index (χ4v) is 1.90. The summed E-state index contributed by atoms with van der Waals surface area (Å²) < 4.78 is 10.6. The van der Waals surface area contributed by atoms with E-state index in [9.17, 15) is 4.79 Å². The lowest BCUT2D eigenvalue weighted by Crippen LogP contribution is -2.42. The zero-order chi connectivity index (χ0) is 14.9. The van der Waals surface area contributed by atoms with Crippen LogP contribution in [0.15, 0.2) is 0 Å². The van der Waals surface area contributed by atoms with Crippen LogP contribution in [-0.2, 0) is 14.3 Å². The average Bonchev–Trinajstić information content (AvgIpc) is 3.03. The van der Waals surface area contributed by atoms with E-state index in [0.29, 0.717) is 6.61 Å². The Morgan fingerprint density at radius 2 is 1.63 bits per heavy atom. The van der Waals surface area contributed by atoms with Gasteiger partial charge in [-0.3, -0.25) is 4.79 Å². The first-order chi connectivity index (χ1) is 8.46. The fraction of sp³-hybridized carbons (Fsp3) is 0.938. The second-order valence-electron chi connectivity index (χ2n) is 8.20. The van der Waals surface area contributed by atoms with E-state index in [1.807, 2.05) is 6.92 Å². The maximum atomic E-state index is 12.5. The summed E-state index contributed by atoms with van der Waals surface area (Å²) in [6.45, 7) is 16.1. The molecule has 1 saturated heterocycles. The van der Waals surface area contributed by atoms with E-state index < -0.39 is 5.41 Å². The van der Waals surface area contributed by atoms with Crippen LogP contribution in [0.25, 0.3) is 0 Å². The minimum absolute atomic E-state index is 0.0836. The fourth-order valence-electron chi connectivity index (χ4n) is 1.90. The summed E-state index contributed by atoms with van der Waals surface area (Å²) in [7, 11) is 0. The molecule has 0 radical (unpaired) electrons. The standard InChI is InChI=1S/C16H30O3/c1-14(2,3)8-9-16(7,15(4,5)6)13(17)19-11-12-10-18-12/h12H,8-11H2,1-7H3. The highest BCUT2D eigenvalue weighted by Crippen LogP contribution is 2.45. The second kappa shape index (κ2) is 5.43. The number of esters is 1. The van der Waals surface area contributed by atoms with Gasteiger partial charge in [-0.1, -0.05) is 41.5 Å². The van der Waals surface area contributed by atoms with E-state index in [1.165, 1.54) is 0 Å². The van der Waals surface area contributed by atoms with Crippen LogP contribution < -0.4 is 0 Å². The maximum Gasteiger partial charge on any atom is 0.312 e. The van der Waals surface area contributed by atoms with Crippen molar-refractivity contribution in [2.75, 3.05) is 13.2 Å². The Morgan fingerprint density at radius 3 is 2.00 bits per heavy atom. The minimum Gasteiger partial charge on any atom is -0.462 e. The van der Waals surface area contributed by atoms with Gasteiger partial charge in [-0.2, -0.15) is 0 Å². The zero-order valence-corrected chi connectivity index (χ0v) is 13.6. The SMILES string of the molecule is CC(C)(C)CCC(C)(C(=O)OCC1CO1)C(C)(C)C. The normalized spacial score (nSPS) is 22.8. The first kappa shape index (κ1) is 16.5. The largest absolute Gasteiger partial charge is 0.462 e. The van der Waals surface area contributed by atoms with E-state index in [4.69, 9.17) is 9.47 Å². The summed E-state index contributed by atoms with van der Waals surface area (Å²) in [4.78, 5) is 12.5. The van der Waals surface area contributed by atoms with Crippen molar-refractivity contribution in [3.63, 3.8) is 0 Å². The molecule has 0 bridgehead atoms. The van der Waals surface area contributed by atoms with E-state index in [-0.39, 0.29) is 22.9 Å². The monoisotopic (exact) mass is 270 g/mol. The topological polar surface area (TPSA) is 38.8 Å². The molecule has 1 heterocycles. The van der Waals surface area contributed by atoms with Gasteiger partial charge in [0, 0.05) is 0 Å². The number of hydrogen-bond acceptors (Lipinski definition) is 3. The molecule has 1 aliphatic rings. The van der Waals surface area contributed by atoms with E-state index in [1.54, 1.807) is 0 Å². The molecule has 112 valence electrons. The van der Waals surface area contributed by atoms with Gasteiger partial charge in [0.05, 0.1) is 12.0 Å². The molecule has 1 fully saturated rings. The molecule has 0 aliphatic carbocycles. The van der Waals surface area contributed by atoms with Gasteiger partial charge >= 0.3 is 5.97 Å². The quantitative estimate of drug-likeness (QED) is 0.563. The Labute approximate surface area is 118 Å². The lowest BCUT2D eigenvalue weighted by Gasteiger charge is -2.41. The Kier molecular flexibility index (Phi) is 4.71. The summed E-state index contributed by atoms with van der Waals surface area (Å²) in [5.41, 5.74) is -0.332. The Balaban J connectivity index is 2.70. The Morgan fingerprint density at radius 1 is 1.11 bits per heavy atom. The van der Waals surface area contributed by atoms with Crippen molar-refractivity contribution < 1.29 is 14.3 Å². The van der Waals surface area contributed by atoms with Gasteiger partial charge in [0.2, 0.25) is 0 Å². The molecule has 1 aliphatic heterocycles. The van der Waals surface area contributed by atoms with Gasteiger partial charge in [0.1, 0.15) is 12.7 Å². The smallest absolute Gasteiger partial charge is 0.312 e. The number of ether oxygens (including phenoxy) is 2. The number of epoxide rings is 1. The summed E-state index contributed by atoms with van der Waals surface area (Å²) >= 11 is 0. The molecule has 3 heteroatoms. The van der Waals surface area contributed by atoms with Gasteiger partial charge in [-0.15, -0.1) is 0 Å². The van der Waals surface area contributed by atoms with Crippen LogP contribution in [0.3, 0.4) is 0 Å². The second-order valence-corrected chi connectivity index (χ2v) is 8.20. The summed E-state index contributed by atoms with van der Waals surface area (Å²) in [6.07, 6.45) is 2.00. The summed E-state index contributed by atoms with van der Waals surface area (Å²) in [6, 6.07) is 0. The van der Waals surface area contributed by atoms with Crippen molar-refractivity contribution in [2.45, 2.75) is 67.4 Å². The lowest BCUT2D eigenvalue weighted by molar-refractivity contribution is -0.163. The molecule has 19 heavy (non-hydrogen) atoms. The molecule has 0 N–H and O–H groups in total. The Hall–Kier alpha value is -0.570. The molecule has 2 unspecified atom stereocenters. The number of carbonyl (C=O) groups is 1. The van der Waals surface area contributed by atoms with Crippen LogP contribution in [0.4, 0.5) is 0 Å². The van der Waals surface area contributed by atoms with E-state index in [2.05, 4.69) is 41.5 Å². The lowest BCUT2D eigenvalue weighted by atomic mass is 9.64. The van der Waals surface area contributed by atoms with Crippen LogP contribution in [0, 0.1) is 16.2 Å². The van der Waals surface area contributed by atoms with Crippen LogP contribution in [0.5, 0.6) is 0 Å². The van der Waals surface area contributed by atoms with Gasteiger partial charge < -0.3 is 9.47 Å². The third-order valence-electron chi connectivity index (χ3n) is 4.28. The third-order valence-corrected chi connectivity index (χ3v) is 4.28. The van der Waals surface area contributed by atoms with Crippen molar-refractivity contribution in [2.24, 2.45) is 16.2 Å². The average molecular weight is 270 g/mol. The molecule has 2 atom stereocenters. The number of carbonyl (C=O) groups excluding carboxylic acids is 1. The highest BCUT2D eigenvalue weighted by Gasteiger charge is 2.46. The van der Waals surface area contributed by atoms with Crippen LogP contribution in [-0.4, -0.2) is 25.3 Å². The maximum absolute atomic E-state index is 12.5. The zero-order valence-electron chi connectivity index (χ0n) is 13.6. The molecular formula is C16H30O3. The highest BCUT2D eigenvalue weighted by atomic mass is 16.6. The third kappa shape index (κ3) is 4.79. The van der Waals surface area contributed by atoms with Crippen molar-refractivity contribution in [1.29, 1.82) is 0 Å². The Bertz CT molecular complexity index is 318. The number of rotatable bonds is 5. The highest BCUT2D eigenvalue weighted by molar-refractivity contribution is 5.77. The first-order valence-electron chi connectivity index (χ1n) is 7.24. The molecule has 0 aromatic heterocycles. The van der Waals surface area contributed by atoms with Gasteiger partial charge in [0.25, 0.3) is 0 Å². The van der Waals surface area contributed by atoms with Crippen molar-refractivity contribution in [3.05, 3.63) is 0 Å². The minimum atomic E-state index is -0.449. The van der Waals surface area contributed by atoms with Gasteiger partial charge in [-0.25, -0.2) is 0 Å². The summed E-state index contributed by atoms with van der Waals surface area (Å²) in [5.74, 6) is -0.0836. The van der Waals surface area contributed by atoms with E-state index >= 15 is 0 Å². The molecule has 0 aromatic carbocycles. The predicted octanol–water partition coefficient (Wildman–Crippen LogP) is 3.81. The molecule has 3 nitrogen and oxygen atoms in total. The van der Waals surface area contributed by atoms with E-state index in [0.717, 1.165) is 19.4 Å². The number of hydrogen-bond donors (Lipinski definition) is 0. The molecule has 1 rings (SSSR count). The van der Waals surface area contributed by atoms with Crippen LogP contribution in [0.1, 0.15) is 61.3 Å². The van der Waals surface area contributed by atoms with Gasteiger partial charge in [0.15, 0.2) is 0 Å². The van der Waals surface area contributed by atoms with Crippen LogP contribution in [0.2, 0.25) is 0 Å². The molecule has 0 spiro atoms. The molecule has 0 amide bonds.